The Hall–Kier alpha value is -0.0600. The molecule has 0 bridgehead atoms. The van der Waals surface area contributed by atoms with Crippen molar-refractivity contribution in [2.24, 2.45) is 0 Å². The summed E-state index contributed by atoms with van der Waals surface area (Å²) >= 11 is 3.70. The molecule has 1 unspecified atom stereocenters. The average Bonchev–Trinajstić information content (AvgIpc) is 2.72. The van der Waals surface area contributed by atoms with Gasteiger partial charge in [0.15, 0.2) is 0 Å². The van der Waals surface area contributed by atoms with Crippen LogP contribution in [0.25, 0.3) is 0 Å². The number of hydrogen-bond donors (Lipinski definition) is 1. The van der Waals surface area contributed by atoms with E-state index in [1.165, 1.54) is 17.1 Å². The van der Waals surface area contributed by atoms with Gasteiger partial charge in [-0.3, -0.25) is 0 Å². The first-order chi connectivity index (χ1) is 7.93. The second kappa shape index (κ2) is 6.76. The van der Waals surface area contributed by atoms with E-state index in [1.807, 2.05) is 11.8 Å². The van der Waals surface area contributed by atoms with Gasteiger partial charge in [-0.05, 0) is 19.2 Å². The van der Waals surface area contributed by atoms with Gasteiger partial charge in [0.05, 0.1) is 10.7 Å². The lowest BCUT2D eigenvalue weighted by Crippen LogP contribution is -2.18. The number of rotatable bonds is 6. The molecule has 0 aliphatic rings. The van der Waals surface area contributed by atoms with Crippen molar-refractivity contribution in [2.45, 2.75) is 51.3 Å². The van der Waals surface area contributed by atoms with E-state index < -0.39 is 0 Å². The molecule has 4 heteroatoms. The van der Waals surface area contributed by atoms with Crippen molar-refractivity contribution in [3.05, 3.63) is 16.1 Å². The molecule has 1 heterocycles. The Bertz CT molecular complexity index is 328. The summed E-state index contributed by atoms with van der Waals surface area (Å²) in [5, 5.41) is 7.60. The zero-order chi connectivity index (χ0) is 12.9. The molecule has 0 saturated carbocycles. The van der Waals surface area contributed by atoms with E-state index in [9.17, 15) is 0 Å². The number of nitrogens with zero attached hydrogens (tertiary/aromatic N) is 1. The summed E-state index contributed by atoms with van der Waals surface area (Å²) in [5.41, 5.74) is 1.35. The zero-order valence-electron chi connectivity index (χ0n) is 11.5. The fourth-order valence-corrected chi connectivity index (χ4v) is 2.63. The molecule has 17 heavy (non-hydrogen) atoms. The number of thiazole rings is 1. The molecule has 0 aliphatic carbocycles. The van der Waals surface area contributed by atoms with Crippen molar-refractivity contribution in [1.29, 1.82) is 0 Å². The molecule has 1 rings (SSSR count). The molecule has 0 amide bonds. The Labute approximate surface area is 114 Å². The minimum atomic E-state index is 0.177. The monoisotopic (exact) mass is 272 g/mol. The highest BCUT2D eigenvalue weighted by Crippen LogP contribution is 2.25. The zero-order valence-corrected chi connectivity index (χ0v) is 13.2. The molecule has 0 spiro atoms. The van der Waals surface area contributed by atoms with Crippen molar-refractivity contribution in [2.75, 3.05) is 12.8 Å². The first-order valence-corrected chi connectivity index (χ1v) is 8.28. The van der Waals surface area contributed by atoms with Crippen LogP contribution in [0.5, 0.6) is 0 Å². The van der Waals surface area contributed by atoms with Crippen LogP contribution in [-0.4, -0.2) is 23.0 Å². The van der Waals surface area contributed by atoms with E-state index in [2.05, 4.69) is 49.6 Å². The van der Waals surface area contributed by atoms with Gasteiger partial charge in [0.2, 0.25) is 0 Å². The van der Waals surface area contributed by atoms with E-state index in [4.69, 9.17) is 0 Å². The second-order valence-electron chi connectivity index (χ2n) is 5.41. The fourth-order valence-electron chi connectivity index (χ4n) is 1.37. The SMILES string of the molecule is CSC(C)CCNCc1csc(C(C)(C)C)n1. The maximum atomic E-state index is 4.67. The molecule has 0 aliphatic heterocycles. The maximum absolute atomic E-state index is 4.67. The average molecular weight is 272 g/mol. The molecule has 1 N–H and O–H groups in total. The molecular weight excluding hydrogens is 248 g/mol. The third-order valence-electron chi connectivity index (χ3n) is 2.63. The predicted octanol–water partition coefficient (Wildman–Crippen LogP) is 3.67. The van der Waals surface area contributed by atoms with Gasteiger partial charge in [0.1, 0.15) is 0 Å². The van der Waals surface area contributed by atoms with Crippen LogP contribution in [0, 0.1) is 0 Å². The van der Waals surface area contributed by atoms with Crippen LogP contribution in [0.3, 0.4) is 0 Å². The molecule has 0 saturated heterocycles. The fraction of sp³-hybridized carbons (Fsp3) is 0.769. The van der Waals surface area contributed by atoms with Gasteiger partial charge in [-0.15, -0.1) is 11.3 Å². The van der Waals surface area contributed by atoms with Gasteiger partial charge in [-0.25, -0.2) is 4.98 Å². The topological polar surface area (TPSA) is 24.9 Å². The summed E-state index contributed by atoms with van der Waals surface area (Å²) in [7, 11) is 0. The second-order valence-corrected chi connectivity index (χ2v) is 7.54. The summed E-state index contributed by atoms with van der Waals surface area (Å²) in [6.45, 7) is 10.9. The van der Waals surface area contributed by atoms with Crippen molar-refractivity contribution in [1.82, 2.24) is 10.3 Å². The van der Waals surface area contributed by atoms with Gasteiger partial charge in [-0.1, -0.05) is 27.7 Å². The van der Waals surface area contributed by atoms with Crippen LogP contribution >= 0.6 is 23.1 Å². The largest absolute Gasteiger partial charge is 0.311 e. The Morgan fingerprint density at radius 1 is 1.47 bits per heavy atom. The van der Waals surface area contributed by atoms with Gasteiger partial charge < -0.3 is 5.32 Å². The molecule has 1 atom stereocenters. The maximum Gasteiger partial charge on any atom is 0.0982 e. The summed E-state index contributed by atoms with van der Waals surface area (Å²) in [5.74, 6) is 0. The lowest BCUT2D eigenvalue weighted by molar-refractivity contribution is 0.578. The summed E-state index contributed by atoms with van der Waals surface area (Å²) in [4.78, 5) is 4.67. The summed E-state index contributed by atoms with van der Waals surface area (Å²) in [6, 6.07) is 0. The van der Waals surface area contributed by atoms with Crippen LogP contribution in [-0.2, 0) is 12.0 Å². The third kappa shape index (κ3) is 5.40. The van der Waals surface area contributed by atoms with E-state index in [0.29, 0.717) is 0 Å². The summed E-state index contributed by atoms with van der Waals surface area (Å²) in [6.07, 6.45) is 3.39. The predicted molar refractivity (Wildman–Crippen MR) is 80.1 cm³/mol. The first kappa shape index (κ1) is 15.0. The third-order valence-corrected chi connectivity index (χ3v) is 4.99. The van der Waals surface area contributed by atoms with Crippen molar-refractivity contribution >= 4 is 23.1 Å². The summed E-state index contributed by atoms with van der Waals surface area (Å²) < 4.78 is 0. The standard InChI is InChI=1S/C13H24N2S2/c1-10(16-5)6-7-14-8-11-9-17-12(15-11)13(2,3)4/h9-10,14H,6-8H2,1-5H3. The van der Waals surface area contributed by atoms with Crippen molar-refractivity contribution in [3.8, 4) is 0 Å². The van der Waals surface area contributed by atoms with Crippen molar-refractivity contribution < 1.29 is 0 Å². The van der Waals surface area contributed by atoms with Crippen LogP contribution < -0.4 is 5.32 Å². The minimum Gasteiger partial charge on any atom is -0.311 e. The lowest BCUT2D eigenvalue weighted by atomic mass is 9.98. The molecule has 98 valence electrons. The van der Waals surface area contributed by atoms with E-state index >= 15 is 0 Å². The molecule has 1 aromatic heterocycles. The normalized spacial score (nSPS) is 13.9. The number of aromatic nitrogens is 1. The molecule has 0 radical (unpaired) electrons. The van der Waals surface area contributed by atoms with Crippen LogP contribution in [0.4, 0.5) is 0 Å². The molecule has 2 nitrogen and oxygen atoms in total. The number of nitrogens with one attached hydrogen (secondary N) is 1. The highest BCUT2D eigenvalue weighted by molar-refractivity contribution is 7.99. The van der Waals surface area contributed by atoms with Gasteiger partial charge in [0.25, 0.3) is 0 Å². The van der Waals surface area contributed by atoms with E-state index in [0.717, 1.165) is 18.3 Å². The quantitative estimate of drug-likeness (QED) is 0.800. The molecular formula is C13H24N2S2. The van der Waals surface area contributed by atoms with Crippen LogP contribution in [0.1, 0.15) is 44.8 Å². The Morgan fingerprint density at radius 2 is 2.18 bits per heavy atom. The Morgan fingerprint density at radius 3 is 2.71 bits per heavy atom. The lowest BCUT2D eigenvalue weighted by Gasteiger charge is -2.13. The molecule has 0 aromatic carbocycles. The van der Waals surface area contributed by atoms with Crippen LogP contribution in [0.15, 0.2) is 5.38 Å². The highest BCUT2D eigenvalue weighted by atomic mass is 32.2. The van der Waals surface area contributed by atoms with Crippen LogP contribution in [0.2, 0.25) is 0 Å². The Balaban J connectivity index is 2.31. The van der Waals surface area contributed by atoms with E-state index in [-0.39, 0.29) is 5.41 Å². The Kier molecular flexibility index (Phi) is 5.97. The minimum absolute atomic E-state index is 0.177. The van der Waals surface area contributed by atoms with E-state index in [1.54, 1.807) is 11.3 Å². The molecule has 1 aromatic rings. The number of hydrogen-bond acceptors (Lipinski definition) is 4. The van der Waals surface area contributed by atoms with Gasteiger partial charge in [0, 0.05) is 22.6 Å². The van der Waals surface area contributed by atoms with Gasteiger partial charge in [-0.2, -0.15) is 11.8 Å². The molecule has 0 fully saturated rings. The smallest absolute Gasteiger partial charge is 0.0982 e. The number of thioether (sulfide) groups is 1. The van der Waals surface area contributed by atoms with Gasteiger partial charge >= 0.3 is 0 Å². The highest BCUT2D eigenvalue weighted by Gasteiger charge is 2.17. The first-order valence-electron chi connectivity index (χ1n) is 6.12. The van der Waals surface area contributed by atoms with Crippen molar-refractivity contribution in [3.63, 3.8) is 0 Å².